The molecule has 2 atom stereocenters. The van der Waals surface area contributed by atoms with Gasteiger partial charge in [-0.25, -0.2) is 9.18 Å². The molecule has 4 rings (SSSR count). The SMILES string of the molecule is Cc1cccc(NC(=O)NC2CC(c3ccc(F)cc3)c3ccccc3N(CC(N)=O)C2=O)c1. The average molecular weight is 461 g/mol. The van der Waals surface area contributed by atoms with Crippen molar-refractivity contribution >= 4 is 29.2 Å². The molecule has 1 heterocycles. The minimum Gasteiger partial charge on any atom is -0.368 e. The van der Waals surface area contributed by atoms with Crippen LogP contribution in [0.4, 0.5) is 20.6 Å². The summed E-state index contributed by atoms with van der Waals surface area (Å²) in [5.74, 6) is -1.83. The lowest BCUT2D eigenvalue weighted by molar-refractivity contribution is -0.123. The van der Waals surface area contributed by atoms with Crippen LogP contribution in [-0.2, 0) is 9.59 Å². The smallest absolute Gasteiger partial charge is 0.319 e. The lowest BCUT2D eigenvalue weighted by Crippen LogP contribution is -2.51. The Morgan fingerprint density at radius 3 is 2.50 bits per heavy atom. The monoisotopic (exact) mass is 460 g/mol. The number of carbonyl (C=O) groups is 3. The Morgan fingerprint density at radius 1 is 1.06 bits per heavy atom. The summed E-state index contributed by atoms with van der Waals surface area (Å²) in [6, 6.07) is 19.0. The van der Waals surface area contributed by atoms with Gasteiger partial charge in [-0.3, -0.25) is 9.59 Å². The highest BCUT2D eigenvalue weighted by molar-refractivity contribution is 6.05. The number of aryl methyl sites for hydroxylation is 1. The van der Waals surface area contributed by atoms with E-state index in [9.17, 15) is 18.8 Å². The molecule has 0 saturated carbocycles. The van der Waals surface area contributed by atoms with Crippen molar-refractivity contribution in [2.75, 3.05) is 16.8 Å². The van der Waals surface area contributed by atoms with Gasteiger partial charge in [0.1, 0.15) is 18.4 Å². The molecule has 174 valence electrons. The van der Waals surface area contributed by atoms with Crippen LogP contribution in [0.5, 0.6) is 0 Å². The molecule has 8 heteroatoms. The number of nitrogens with one attached hydrogen (secondary N) is 2. The second kappa shape index (κ2) is 9.74. The molecular weight excluding hydrogens is 435 g/mol. The number of rotatable bonds is 5. The van der Waals surface area contributed by atoms with Gasteiger partial charge in [0.2, 0.25) is 11.8 Å². The Labute approximate surface area is 196 Å². The molecule has 0 saturated heterocycles. The molecule has 0 fully saturated rings. The van der Waals surface area contributed by atoms with Crippen molar-refractivity contribution in [2.45, 2.75) is 25.3 Å². The molecule has 34 heavy (non-hydrogen) atoms. The summed E-state index contributed by atoms with van der Waals surface area (Å²) in [6.07, 6.45) is 0.220. The zero-order chi connectivity index (χ0) is 24.2. The number of amides is 4. The first-order valence-electron chi connectivity index (χ1n) is 10.9. The first kappa shape index (κ1) is 23.0. The summed E-state index contributed by atoms with van der Waals surface area (Å²) in [7, 11) is 0. The van der Waals surface area contributed by atoms with Gasteiger partial charge in [0.05, 0.1) is 0 Å². The average Bonchev–Trinajstić information content (AvgIpc) is 2.90. The van der Waals surface area contributed by atoms with E-state index >= 15 is 0 Å². The van der Waals surface area contributed by atoms with E-state index < -0.39 is 23.9 Å². The first-order chi connectivity index (χ1) is 16.3. The van der Waals surface area contributed by atoms with E-state index in [1.165, 1.54) is 17.0 Å². The van der Waals surface area contributed by atoms with E-state index in [0.29, 0.717) is 11.4 Å². The Kier molecular flexibility index (Phi) is 6.58. The van der Waals surface area contributed by atoms with Gasteiger partial charge in [-0.2, -0.15) is 0 Å². The minimum atomic E-state index is -0.952. The van der Waals surface area contributed by atoms with Crippen LogP contribution in [0.3, 0.4) is 0 Å². The van der Waals surface area contributed by atoms with Crippen LogP contribution in [0.15, 0.2) is 72.8 Å². The van der Waals surface area contributed by atoms with Crippen molar-refractivity contribution in [2.24, 2.45) is 5.73 Å². The number of hydrogen-bond acceptors (Lipinski definition) is 3. The van der Waals surface area contributed by atoms with Crippen LogP contribution in [0.25, 0.3) is 0 Å². The van der Waals surface area contributed by atoms with Gasteiger partial charge in [-0.15, -0.1) is 0 Å². The third-order valence-electron chi connectivity index (χ3n) is 5.81. The maximum atomic E-state index is 13.6. The molecule has 1 aliphatic heterocycles. The maximum Gasteiger partial charge on any atom is 0.319 e. The number of halogens is 1. The third kappa shape index (κ3) is 5.06. The van der Waals surface area contributed by atoms with Crippen LogP contribution in [-0.4, -0.2) is 30.4 Å². The van der Waals surface area contributed by atoms with E-state index in [0.717, 1.165) is 16.7 Å². The molecule has 0 bridgehead atoms. The molecule has 1 aliphatic rings. The van der Waals surface area contributed by atoms with Gasteiger partial charge in [-0.1, -0.05) is 42.5 Å². The normalized spacial score (nSPS) is 17.5. The molecular formula is C26H25FN4O3. The highest BCUT2D eigenvalue weighted by atomic mass is 19.1. The van der Waals surface area contributed by atoms with Crippen molar-refractivity contribution in [3.63, 3.8) is 0 Å². The van der Waals surface area contributed by atoms with Crippen LogP contribution >= 0.6 is 0 Å². The van der Waals surface area contributed by atoms with Gasteiger partial charge in [0, 0.05) is 17.3 Å². The zero-order valence-corrected chi connectivity index (χ0v) is 18.6. The fourth-order valence-corrected chi connectivity index (χ4v) is 4.30. The van der Waals surface area contributed by atoms with E-state index in [1.807, 2.05) is 37.3 Å². The fourth-order valence-electron chi connectivity index (χ4n) is 4.30. The molecule has 4 N–H and O–H groups in total. The number of urea groups is 1. The number of nitrogens with zero attached hydrogens (tertiary/aromatic N) is 1. The Morgan fingerprint density at radius 2 is 1.79 bits per heavy atom. The van der Waals surface area contributed by atoms with Crippen LogP contribution in [0.1, 0.15) is 29.0 Å². The van der Waals surface area contributed by atoms with Gasteiger partial charge in [0.15, 0.2) is 0 Å². The summed E-state index contributed by atoms with van der Waals surface area (Å²) in [5, 5.41) is 5.51. The van der Waals surface area contributed by atoms with Gasteiger partial charge >= 0.3 is 6.03 Å². The predicted octanol–water partition coefficient (Wildman–Crippen LogP) is 3.68. The number of fused-ring (bicyclic) bond motifs is 1. The van der Waals surface area contributed by atoms with Crippen LogP contribution in [0, 0.1) is 12.7 Å². The fraction of sp³-hybridized carbons (Fsp3) is 0.192. The number of nitrogens with two attached hydrogens (primary N) is 1. The molecule has 3 aromatic rings. The molecule has 0 aliphatic carbocycles. The molecule has 0 radical (unpaired) electrons. The van der Waals surface area contributed by atoms with E-state index in [1.54, 1.807) is 30.3 Å². The minimum absolute atomic E-state index is 0.220. The number of hydrogen-bond donors (Lipinski definition) is 3. The summed E-state index contributed by atoms with van der Waals surface area (Å²) in [5.41, 5.74) is 9.11. The van der Waals surface area contributed by atoms with E-state index in [2.05, 4.69) is 10.6 Å². The quantitative estimate of drug-likeness (QED) is 0.541. The Hall–Kier alpha value is -4.20. The Balaban J connectivity index is 1.70. The number of carbonyl (C=O) groups excluding carboxylic acids is 3. The van der Waals surface area contributed by atoms with Gasteiger partial charge < -0.3 is 21.3 Å². The van der Waals surface area contributed by atoms with Crippen molar-refractivity contribution in [1.29, 1.82) is 0 Å². The van der Waals surface area contributed by atoms with Crippen LogP contribution in [0.2, 0.25) is 0 Å². The lowest BCUT2D eigenvalue weighted by Gasteiger charge is -2.25. The summed E-state index contributed by atoms with van der Waals surface area (Å²) in [6.45, 7) is 1.58. The van der Waals surface area contributed by atoms with E-state index in [4.69, 9.17) is 5.73 Å². The number of anilines is 2. The second-order valence-corrected chi connectivity index (χ2v) is 8.31. The standard InChI is InChI=1S/C26H25FN4O3/c1-16-5-4-6-19(13-16)29-26(34)30-22-14-21(17-9-11-18(27)12-10-17)20-7-2-3-8-23(20)31(25(22)33)15-24(28)32/h2-13,21-22H,14-15H2,1H3,(H2,28,32)(H2,29,30,34). The molecule has 0 aromatic heterocycles. The highest BCUT2D eigenvalue weighted by Gasteiger charge is 2.37. The number of para-hydroxylation sites is 1. The van der Waals surface area contributed by atoms with Gasteiger partial charge in [0.25, 0.3) is 0 Å². The molecule has 0 spiro atoms. The molecule has 3 aromatic carbocycles. The summed E-state index contributed by atoms with van der Waals surface area (Å²) >= 11 is 0. The third-order valence-corrected chi connectivity index (χ3v) is 5.81. The molecule has 7 nitrogen and oxygen atoms in total. The van der Waals surface area contributed by atoms with Crippen molar-refractivity contribution < 1.29 is 18.8 Å². The van der Waals surface area contributed by atoms with Crippen molar-refractivity contribution in [3.05, 3.63) is 95.3 Å². The molecule has 4 amide bonds. The summed E-state index contributed by atoms with van der Waals surface area (Å²) in [4.78, 5) is 39.5. The van der Waals surface area contributed by atoms with E-state index in [-0.39, 0.29) is 24.7 Å². The van der Waals surface area contributed by atoms with Crippen molar-refractivity contribution in [1.82, 2.24) is 5.32 Å². The second-order valence-electron chi connectivity index (χ2n) is 8.31. The topological polar surface area (TPSA) is 105 Å². The first-order valence-corrected chi connectivity index (χ1v) is 10.9. The lowest BCUT2D eigenvalue weighted by atomic mass is 9.86. The number of primary amides is 1. The number of benzene rings is 3. The predicted molar refractivity (Wildman–Crippen MR) is 128 cm³/mol. The summed E-state index contributed by atoms with van der Waals surface area (Å²) < 4.78 is 13.6. The largest absolute Gasteiger partial charge is 0.368 e. The highest BCUT2D eigenvalue weighted by Crippen LogP contribution is 2.39. The van der Waals surface area contributed by atoms with Gasteiger partial charge in [-0.05, 0) is 60.4 Å². The van der Waals surface area contributed by atoms with Crippen molar-refractivity contribution in [3.8, 4) is 0 Å². The zero-order valence-electron chi connectivity index (χ0n) is 18.6. The van der Waals surface area contributed by atoms with Crippen LogP contribution < -0.4 is 21.3 Å². The maximum absolute atomic E-state index is 13.6. The molecule has 2 unspecified atom stereocenters. The Bertz CT molecular complexity index is 1230.